The second kappa shape index (κ2) is 6.25. The predicted octanol–water partition coefficient (Wildman–Crippen LogP) is 1.51. The molecule has 1 N–H and O–H groups in total. The van der Waals surface area contributed by atoms with E-state index in [9.17, 15) is 9.59 Å². The van der Waals surface area contributed by atoms with E-state index in [1.54, 1.807) is 7.11 Å². The van der Waals surface area contributed by atoms with E-state index < -0.39 is 5.91 Å². The number of benzene rings is 1. The van der Waals surface area contributed by atoms with Gasteiger partial charge in [-0.1, -0.05) is 11.6 Å². The number of aldehydes is 1. The molecular formula is C12H14ClNO3. The fourth-order valence-corrected chi connectivity index (χ4v) is 1.63. The van der Waals surface area contributed by atoms with Gasteiger partial charge in [0.25, 0.3) is 5.91 Å². The van der Waals surface area contributed by atoms with Gasteiger partial charge in [-0.3, -0.25) is 9.59 Å². The van der Waals surface area contributed by atoms with Crippen molar-refractivity contribution in [3.8, 4) is 5.75 Å². The van der Waals surface area contributed by atoms with Gasteiger partial charge in [-0.15, -0.1) is 0 Å². The van der Waals surface area contributed by atoms with Crippen LogP contribution in [0.2, 0.25) is 5.02 Å². The highest BCUT2D eigenvalue weighted by atomic mass is 35.5. The third-order valence-electron chi connectivity index (χ3n) is 2.36. The number of amides is 1. The number of aryl methyl sites for hydroxylation is 1. The minimum Gasteiger partial charge on any atom is -0.496 e. The number of carbonyl (C=O) groups excluding carboxylic acids is 2. The van der Waals surface area contributed by atoms with Crippen LogP contribution in [0.25, 0.3) is 0 Å². The van der Waals surface area contributed by atoms with Gasteiger partial charge < -0.3 is 10.1 Å². The molecule has 92 valence electrons. The normalized spacial score (nSPS) is 9.82. The lowest BCUT2D eigenvalue weighted by Crippen LogP contribution is -2.26. The van der Waals surface area contributed by atoms with Crippen molar-refractivity contribution in [3.05, 3.63) is 28.3 Å². The van der Waals surface area contributed by atoms with Gasteiger partial charge in [-0.25, -0.2) is 0 Å². The summed E-state index contributed by atoms with van der Waals surface area (Å²) >= 11 is 6.01. The molecule has 0 aliphatic carbocycles. The number of methoxy groups -OCH3 is 1. The Balaban J connectivity index is 2.72. The number of hydrogen-bond donors (Lipinski definition) is 1. The van der Waals surface area contributed by atoms with Crippen LogP contribution in [0.1, 0.15) is 11.1 Å². The average molecular weight is 256 g/mol. The zero-order valence-electron chi connectivity index (χ0n) is 9.75. The van der Waals surface area contributed by atoms with E-state index in [-0.39, 0.29) is 6.29 Å². The molecule has 0 unspecified atom stereocenters. The van der Waals surface area contributed by atoms with Gasteiger partial charge in [0.2, 0.25) is 6.29 Å². The standard InChI is InChI=1S/C12H14ClNO3/c1-8-5-11(17-2)9(6-10(8)13)3-4-14-12(16)7-15/h5-7H,3-4H2,1-2H3,(H,14,16). The Morgan fingerprint density at radius 2 is 2.24 bits per heavy atom. The topological polar surface area (TPSA) is 55.4 Å². The average Bonchev–Trinajstić information content (AvgIpc) is 2.32. The van der Waals surface area contributed by atoms with Crippen molar-refractivity contribution in [2.45, 2.75) is 13.3 Å². The van der Waals surface area contributed by atoms with Crippen molar-refractivity contribution in [1.29, 1.82) is 0 Å². The summed E-state index contributed by atoms with van der Waals surface area (Å²) in [5.74, 6) is 0.106. The van der Waals surface area contributed by atoms with E-state index in [0.717, 1.165) is 16.9 Å². The first kappa shape index (κ1) is 13.5. The smallest absolute Gasteiger partial charge is 0.284 e. The molecule has 5 heteroatoms. The molecule has 0 fully saturated rings. The van der Waals surface area contributed by atoms with Crippen LogP contribution in [-0.4, -0.2) is 25.8 Å². The maximum Gasteiger partial charge on any atom is 0.284 e. The number of hydrogen-bond acceptors (Lipinski definition) is 3. The first-order chi connectivity index (χ1) is 8.08. The van der Waals surface area contributed by atoms with E-state index in [4.69, 9.17) is 16.3 Å². The minimum atomic E-state index is -0.623. The summed E-state index contributed by atoms with van der Waals surface area (Å²) in [7, 11) is 1.58. The Morgan fingerprint density at radius 3 is 2.82 bits per heavy atom. The molecule has 1 aromatic carbocycles. The highest BCUT2D eigenvalue weighted by Crippen LogP contribution is 2.26. The molecule has 0 radical (unpaired) electrons. The van der Waals surface area contributed by atoms with Crippen molar-refractivity contribution >= 4 is 23.8 Å². The summed E-state index contributed by atoms with van der Waals surface area (Å²) in [6, 6.07) is 3.65. The Bertz CT molecular complexity index is 432. The van der Waals surface area contributed by atoms with E-state index >= 15 is 0 Å². The molecule has 17 heavy (non-hydrogen) atoms. The van der Waals surface area contributed by atoms with Crippen molar-refractivity contribution < 1.29 is 14.3 Å². The van der Waals surface area contributed by atoms with Crippen molar-refractivity contribution in [1.82, 2.24) is 5.32 Å². The van der Waals surface area contributed by atoms with E-state index in [2.05, 4.69) is 5.32 Å². The second-order valence-electron chi connectivity index (χ2n) is 3.57. The number of ether oxygens (including phenoxy) is 1. The summed E-state index contributed by atoms with van der Waals surface area (Å²) in [5.41, 5.74) is 1.83. The van der Waals surface area contributed by atoms with Gasteiger partial charge in [0.15, 0.2) is 0 Å². The number of nitrogens with one attached hydrogen (secondary N) is 1. The third kappa shape index (κ3) is 3.75. The maximum absolute atomic E-state index is 10.7. The van der Waals surface area contributed by atoms with Gasteiger partial charge in [-0.05, 0) is 36.6 Å². The highest BCUT2D eigenvalue weighted by Gasteiger charge is 2.07. The summed E-state index contributed by atoms with van der Waals surface area (Å²) in [4.78, 5) is 20.9. The largest absolute Gasteiger partial charge is 0.496 e. The summed E-state index contributed by atoms with van der Waals surface area (Å²) in [6.45, 7) is 2.26. The number of carbonyl (C=O) groups is 2. The molecule has 0 aromatic heterocycles. The monoisotopic (exact) mass is 255 g/mol. The molecule has 0 aliphatic heterocycles. The number of halogens is 1. The molecule has 0 spiro atoms. The van der Waals surface area contributed by atoms with Gasteiger partial charge in [0.05, 0.1) is 7.11 Å². The molecule has 0 aliphatic rings. The Hall–Kier alpha value is -1.55. The fraction of sp³-hybridized carbons (Fsp3) is 0.333. The SMILES string of the molecule is COc1cc(C)c(Cl)cc1CCNC(=O)C=O. The molecule has 4 nitrogen and oxygen atoms in total. The van der Waals surface area contributed by atoms with Crippen molar-refractivity contribution in [2.24, 2.45) is 0 Å². The summed E-state index contributed by atoms with van der Waals surface area (Å²) in [5, 5.41) is 3.12. The van der Waals surface area contributed by atoms with Crippen LogP contribution < -0.4 is 10.1 Å². The van der Waals surface area contributed by atoms with E-state index in [1.165, 1.54) is 0 Å². The zero-order valence-corrected chi connectivity index (χ0v) is 10.5. The second-order valence-corrected chi connectivity index (χ2v) is 3.98. The lowest BCUT2D eigenvalue weighted by Gasteiger charge is -2.10. The molecule has 0 bridgehead atoms. The quantitative estimate of drug-likeness (QED) is 0.641. The maximum atomic E-state index is 10.7. The van der Waals surface area contributed by atoms with Crippen LogP contribution in [0.5, 0.6) is 5.75 Å². The molecule has 1 rings (SSSR count). The van der Waals surface area contributed by atoms with Gasteiger partial charge >= 0.3 is 0 Å². The zero-order chi connectivity index (χ0) is 12.8. The summed E-state index contributed by atoms with van der Waals surface area (Å²) in [6.07, 6.45) is 0.808. The Labute approximate surface area is 105 Å². The lowest BCUT2D eigenvalue weighted by atomic mass is 10.1. The van der Waals surface area contributed by atoms with Crippen LogP contribution in [0, 0.1) is 6.92 Å². The first-order valence-electron chi connectivity index (χ1n) is 5.14. The van der Waals surface area contributed by atoms with E-state index in [1.807, 2.05) is 19.1 Å². The van der Waals surface area contributed by atoms with E-state index in [0.29, 0.717) is 18.0 Å². The molecular weight excluding hydrogens is 242 g/mol. The predicted molar refractivity (Wildman–Crippen MR) is 65.5 cm³/mol. The molecule has 1 aromatic rings. The van der Waals surface area contributed by atoms with Crippen LogP contribution in [0.4, 0.5) is 0 Å². The van der Waals surface area contributed by atoms with Crippen LogP contribution in [0.15, 0.2) is 12.1 Å². The number of rotatable bonds is 5. The Morgan fingerprint density at radius 1 is 1.53 bits per heavy atom. The van der Waals surface area contributed by atoms with Crippen LogP contribution in [0.3, 0.4) is 0 Å². The van der Waals surface area contributed by atoms with Gasteiger partial charge in [0, 0.05) is 11.6 Å². The van der Waals surface area contributed by atoms with Gasteiger partial charge in [0.1, 0.15) is 5.75 Å². The first-order valence-corrected chi connectivity index (χ1v) is 5.52. The van der Waals surface area contributed by atoms with Crippen LogP contribution >= 0.6 is 11.6 Å². The van der Waals surface area contributed by atoms with Crippen molar-refractivity contribution in [3.63, 3.8) is 0 Å². The Kier molecular flexibility index (Phi) is 4.97. The third-order valence-corrected chi connectivity index (χ3v) is 2.77. The minimum absolute atomic E-state index is 0.249. The van der Waals surface area contributed by atoms with Crippen LogP contribution in [-0.2, 0) is 16.0 Å². The molecule has 0 heterocycles. The molecule has 0 atom stereocenters. The highest BCUT2D eigenvalue weighted by molar-refractivity contribution is 6.31. The molecule has 0 saturated heterocycles. The lowest BCUT2D eigenvalue weighted by molar-refractivity contribution is -0.131. The van der Waals surface area contributed by atoms with Crippen molar-refractivity contribution in [2.75, 3.05) is 13.7 Å². The summed E-state index contributed by atoms with van der Waals surface area (Å²) < 4.78 is 5.22. The molecule has 0 saturated carbocycles. The van der Waals surface area contributed by atoms with Gasteiger partial charge in [-0.2, -0.15) is 0 Å². The molecule has 1 amide bonds. The fourth-order valence-electron chi connectivity index (χ4n) is 1.44.